The summed E-state index contributed by atoms with van der Waals surface area (Å²) in [5, 5.41) is 15.2. The minimum Gasteiger partial charge on any atom is -0.377 e. The molecule has 0 aromatic carbocycles. The largest absolute Gasteiger partial charge is 0.377 e. The molecule has 2 saturated heterocycles. The molecule has 4 rings (SSSR count). The second kappa shape index (κ2) is 11.8. The number of nitrogens with one attached hydrogen (secondary N) is 5. The SMILES string of the molecule is CC.[B]C([B])([B])NC1CC(C)NC(NC2CC3CCOC3C(C3=CCNCCC3)C2F)N1. The Morgan fingerprint density at radius 3 is 2.72 bits per heavy atom. The van der Waals surface area contributed by atoms with Crippen molar-refractivity contribution >= 4 is 23.5 Å². The lowest BCUT2D eigenvalue weighted by molar-refractivity contribution is -0.0263. The first-order chi connectivity index (χ1) is 15.3. The first-order valence-corrected chi connectivity index (χ1v) is 12.4. The van der Waals surface area contributed by atoms with Gasteiger partial charge in [0.25, 0.3) is 0 Å². The van der Waals surface area contributed by atoms with Crippen LogP contribution in [0.25, 0.3) is 0 Å². The zero-order chi connectivity index (χ0) is 23.3. The molecule has 32 heavy (non-hydrogen) atoms. The Morgan fingerprint density at radius 1 is 1.19 bits per heavy atom. The van der Waals surface area contributed by atoms with E-state index in [0.717, 1.165) is 51.8 Å². The molecule has 174 valence electrons. The summed E-state index contributed by atoms with van der Waals surface area (Å²) < 4.78 is 22.0. The van der Waals surface area contributed by atoms with Gasteiger partial charge in [-0.3, -0.25) is 16.0 Å². The summed E-state index contributed by atoms with van der Waals surface area (Å²) in [6.45, 7) is 8.60. The van der Waals surface area contributed by atoms with E-state index in [4.69, 9.17) is 28.3 Å². The molecule has 3 aliphatic heterocycles. The lowest BCUT2D eigenvalue weighted by atomic mass is 9.49. The molecule has 6 radical (unpaired) electrons. The molecule has 0 amide bonds. The Hall–Kier alpha value is -0.375. The van der Waals surface area contributed by atoms with Crippen molar-refractivity contribution in [1.82, 2.24) is 26.6 Å². The summed E-state index contributed by atoms with van der Waals surface area (Å²) in [7, 11) is 17.1. The molecule has 3 heterocycles. The molecule has 1 aliphatic carbocycles. The number of halogens is 1. The van der Waals surface area contributed by atoms with Crippen LogP contribution in [-0.2, 0) is 4.74 Å². The third-order valence-corrected chi connectivity index (χ3v) is 6.87. The first-order valence-electron chi connectivity index (χ1n) is 12.4. The molecule has 8 atom stereocenters. The highest BCUT2D eigenvalue weighted by Gasteiger charge is 2.49. The molecule has 0 spiro atoms. The maximum absolute atomic E-state index is 16.0. The van der Waals surface area contributed by atoms with Gasteiger partial charge in [0.1, 0.15) is 12.5 Å². The van der Waals surface area contributed by atoms with E-state index in [-0.39, 0.29) is 36.6 Å². The van der Waals surface area contributed by atoms with Gasteiger partial charge in [0.15, 0.2) is 0 Å². The van der Waals surface area contributed by atoms with E-state index in [9.17, 15) is 0 Å². The third kappa shape index (κ3) is 6.83. The Balaban J connectivity index is 0.00000141. The summed E-state index contributed by atoms with van der Waals surface area (Å²) in [5.41, 5.74) is 1.22. The van der Waals surface area contributed by atoms with Crippen LogP contribution in [0.4, 0.5) is 4.39 Å². The molecular weight excluding hydrogens is 402 g/mol. The van der Waals surface area contributed by atoms with Gasteiger partial charge in [0, 0.05) is 31.2 Å². The van der Waals surface area contributed by atoms with Gasteiger partial charge in [-0.2, -0.15) is 0 Å². The summed E-state index contributed by atoms with van der Waals surface area (Å²) in [4.78, 5) is 0. The quantitative estimate of drug-likeness (QED) is 0.313. The average Bonchev–Trinajstić information content (AvgIpc) is 3.01. The van der Waals surface area contributed by atoms with Crippen molar-refractivity contribution in [2.45, 2.75) is 94.9 Å². The highest BCUT2D eigenvalue weighted by molar-refractivity contribution is 6.59. The molecule has 5 N–H and O–H groups in total. The molecule has 3 fully saturated rings. The van der Waals surface area contributed by atoms with Gasteiger partial charge in [-0.15, -0.1) is 0 Å². The summed E-state index contributed by atoms with van der Waals surface area (Å²) in [5.74, 6) is 0.208. The summed E-state index contributed by atoms with van der Waals surface area (Å²) in [6, 6.07) is -0.0661. The van der Waals surface area contributed by atoms with Crippen molar-refractivity contribution in [2.24, 2.45) is 11.8 Å². The van der Waals surface area contributed by atoms with Gasteiger partial charge in [-0.1, -0.05) is 30.7 Å². The number of hydrogen-bond acceptors (Lipinski definition) is 6. The highest BCUT2D eigenvalue weighted by atomic mass is 19.1. The van der Waals surface area contributed by atoms with Crippen LogP contribution in [0.1, 0.15) is 52.9 Å². The van der Waals surface area contributed by atoms with Crippen LogP contribution in [-0.4, -0.2) is 85.3 Å². The van der Waals surface area contributed by atoms with Crippen LogP contribution in [0.3, 0.4) is 0 Å². The summed E-state index contributed by atoms with van der Waals surface area (Å²) in [6.07, 6.45) is 5.26. The van der Waals surface area contributed by atoms with E-state index >= 15 is 4.39 Å². The third-order valence-electron chi connectivity index (χ3n) is 6.87. The van der Waals surface area contributed by atoms with Crippen LogP contribution >= 0.6 is 0 Å². The predicted molar refractivity (Wildman–Crippen MR) is 130 cm³/mol. The van der Waals surface area contributed by atoms with Crippen molar-refractivity contribution in [1.29, 1.82) is 0 Å². The topological polar surface area (TPSA) is 69.4 Å². The van der Waals surface area contributed by atoms with Crippen molar-refractivity contribution in [3.05, 3.63) is 11.6 Å². The van der Waals surface area contributed by atoms with Gasteiger partial charge in [0.05, 0.1) is 35.8 Å². The van der Waals surface area contributed by atoms with Crippen LogP contribution in [0.5, 0.6) is 0 Å². The number of alkyl halides is 1. The van der Waals surface area contributed by atoms with Crippen molar-refractivity contribution in [3.63, 3.8) is 0 Å². The van der Waals surface area contributed by atoms with E-state index in [2.05, 4.69) is 39.6 Å². The van der Waals surface area contributed by atoms with Crippen molar-refractivity contribution in [2.75, 3.05) is 19.7 Å². The second-order valence-corrected chi connectivity index (χ2v) is 9.48. The second-order valence-electron chi connectivity index (χ2n) is 9.48. The first kappa shape index (κ1) is 26.2. The monoisotopic (exact) mass is 441 g/mol. The minimum absolute atomic E-state index is 0.00431. The van der Waals surface area contributed by atoms with Gasteiger partial charge in [-0.05, 0) is 51.5 Å². The maximum atomic E-state index is 16.0. The van der Waals surface area contributed by atoms with Crippen molar-refractivity contribution in [3.8, 4) is 0 Å². The molecule has 0 bridgehead atoms. The van der Waals surface area contributed by atoms with Crippen LogP contribution in [0, 0.1) is 11.8 Å². The average molecular weight is 441 g/mol. The van der Waals surface area contributed by atoms with E-state index in [1.165, 1.54) is 5.57 Å². The van der Waals surface area contributed by atoms with Crippen LogP contribution in [0.15, 0.2) is 11.6 Å². The molecule has 0 aromatic heterocycles. The zero-order valence-electron chi connectivity index (χ0n) is 19.9. The molecule has 4 aliphatic rings. The number of fused-ring (bicyclic) bond motifs is 1. The Bertz CT molecular complexity index is 623. The van der Waals surface area contributed by atoms with Gasteiger partial charge >= 0.3 is 0 Å². The fourth-order valence-corrected chi connectivity index (χ4v) is 5.63. The van der Waals surface area contributed by atoms with Gasteiger partial charge in [0.2, 0.25) is 0 Å². The van der Waals surface area contributed by atoms with E-state index < -0.39 is 11.4 Å². The Labute approximate surface area is 197 Å². The predicted octanol–water partition coefficient (Wildman–Crippen LogP) is 0.331. The lowest BCUT2D eigenvalue weighted by Crippen LogP contribution is -2.72. The molecule has 6 nitrogen and oxygen atoms in total. The Kier molecular flexibility index (Phi) is 9.71. The standard InChI is InChI=1S/C20H33B3FN5O.C2H6/c1-11-9-15(29-20(21,22)23)28-19(26-11)27-14-10-13-5-8-30-18(13)16(17(14)24)12-3-2-6-25-7-4-12;1-2/h4,11,13-19,25-29H,2-3,5-10H2,1H3;1-2H3. The maximum Gasteiger partial charge on any atom is 0.124 e. The Morgan fingerprint density at radius 2 is 1.97 bits per heavy atom. The van der Waals surface area contributed by atoms with Crippen LogP contribution in [0.2, 0.25) is 0 Å². The van der Waals surface area contributed by atoms with E-state index in [1.807, 2.05) is 13.8 Å². The fraction of sp³-hybridized carbons (Fsp3) is 0.909. The summed E-state index contributed by atoms with van der Waals surface area (Å²) >= 11 is 0. The molecular formula is C22H39B3FN5O. The van der Waals surface area contributed by atoms with E-state index in [1.54, 1.807) is 0 Å². The van der Waals surface area contributed by atoms with Gasteiger partial charge in [-0.25, -0.2) is 4.39 Å². The molecule has 0 aromatic rings. The minimum atomic E-state index is -1.47. The molecule has 10 heteroatoms. The van der Waals surface area contributed by atoms with Crippen molar-refractivity contribution < 1.29 is 9.13 Å². The van der Waals surface area contributed by atoms with Gasteiger partial charge < -0.3 is 15.4 Å². The number of rotatable bonds is 5. The number of hydrogen-bond donors (Lipinski definition) is 5. The zero-order valence-corrected chi connectivity index (χ0v) is 19.9. The molecule has 1 saturated carbocycles. The smallest absolute Gasteiger partial charge is 0.124 e. The van der Waals surface area contributed by atoms with E-state index in [0.29, 0.717) is 5.92 Å². The highest BCUT2D eigenvalue weighted by Crippen LogP contribution is 2.44. The lowest BCUT2D eigenvalue weighted by Gasteiger charge is -2.46. The fourth-order valence-electron chi connectivity index (χ4n) is 5.63. The number of ether oxygens (including phenoxy) is 1. The normalized spacial score (nSPS) is 40.4. The van der Waals surface area contributed by atoms with Crippen LogP contribution < -0.4 is 26.6 Å². The molecule has 8 unspecified atom stereocenters.